The van der Waals surface area contributed by atoms with Crippen LogP contribution in [0.5, 0.6) is 0 Å². The zero-order chi connectivity index (χ0) is 13.6. The van der Waals surface area contributed by atoms with E-state index in [1.54, 1.807) is 17.8 Å². The number of hydrogen-bond acceptors (Lipinski definition) is 2. The molecule has 0 radical (unpaired) electrons. The van der Waals surface area contributed by atoms with Gasteiger partial charge < -0.3 is 10.4 Å². The highest BCUT2D eigenvalue weighted by Gasteiger charge is 2.41. The molecule has 1 saturated carbocycles. The highest BCUT2D eigenvalue weighted by Crippen LogP contribution is 2.49. The number of amides is 1. The number of fused-ring (bicyclic) bond motifs is 1. The van der Waals surface area contributed by atoms with E-state index in [0.29, 0.717) is 12.1 Å². The van der Waals surface area contributed by atoms with Crippen LogP contribution in [0.4, 0.5) is 9.18 Å². The Labute approximate surface area is 109 Å². The van der Waals surface area contributed by atoms with Crippen molar-refractivity contribution in [2.45, 2.75) is 12.3 Å². The van der Waals surface area contributed by atoms with Crippen LogP contribution in [0, 0.1) is 11.7 Å². The van der Waals surface area contributed by atoms with E-state index in [1.165, 1.54) is 6.07 Å². The minimum absolute atomic E-state index is 0.0831. The van der Waals surface area contributed by atoms with E-state index < -0.39 is 6.09 Å². The molecule has 2 atom stereocenters. The van der Waals surface area contributed by atoms with Gasteiger partial charge in [0.05, 0.1) is 5.52 Å². The molecule has 1 aromatic heterocycles. The van der Waals surface area contributed by atoms with Gasteiger partial charge in [-0.25, -0.2) is 9.18 Å². The summed E-state index contributed by atoms with van der Waals surface area (Å²) in [6, 6.07) is 3.10. The minimum Gasteiger partial charge on any atom is -0.465 e. The van der Waals surface area contributed by atoms with Crippen LogP contribution in [0.15, 0.2) is 18.3 Å². The quantitative estimate of drug-likeness (QED) is 0.891. The number of aryl methyl sites for hydroxylation is 1. The molecule has 19 heavy (non-hydrogen) atoms. The Hall–Kier alpha value is -2.11. The predicted molar refractivity (Wildman–Crippen MR) is 67.5 cm³/mol. The Bertz CT molecular complexity index is 653. The molecule has 0 saturated heterocycles. The number of carboxylic acid groups (broad SMARTS) is 1. The Morgan fingerprint density at radius 1 is 1.63 bits per heavy atom. The van der Waals surface area contributed by atoms with Crippen molar-refractivity contribution in [3.8, 4) is 0 Å². The maximum Gasteiger partial charge on any atom is 0.404 e. The first kappa shape index (κ1) is 12.0. The molecule has 1 aliphatic carbocycles. The van der Waals surface area contributed by atoms with Gasteiger partial charge in [0, 0.05) is 30.7 Å². The normalized spacial score (nSPS) is 21.6. The van der Waals surface area contributed by atoms with Crippen molar-refractivity contribution in [3.05, 3.63) is 29.7 Å². The third-order valence-corrected chi connectivity index (χ3v) is 3.60. The van der Waals surface area contributed by atoms with Crippen molar-refractivity contribution < 1.29 is 14.3 Å². The summed E-state index contributed by atoms with van der Waals surface area (Å²) < 4.78 is 15.7. The van der Waals surface area contributed by atoms with Gasteiger partial charge in [-0.15, -0.1) is 0 Å². The lowest BCUT2D eigenvalue weighted by atomic mass is 10.0. The van der Waals surface area contributed by atoms with Crippen LogP contribution in [-0.4, -0.2) is 27.5 Å². The van der Waals surface area contributed by atoms with Crippen molar-refractivity contribution in [2.75, 3.05) is 6.54 Å². The largest absolute Gasteiger partial charge is 0.465 e. The van der Waals surface area contributed by atoms with Crippen LogP contribution in [0.2, 0.25) is 0 Å². The van der Waals surface area contributed by atoms with E-state index in [2.05, 4.69) is 10.4 Å². The molecule has 1 aromatic carbocycles. The molecule has 2 aromatic rings. The molecule has 2 N–H and O–H groups in total. The lowest BCUT2D eigenvalue weighted by Gasteiger charge is -2.04. The van der Waals surface area contributed by atoms with Crippen LogP contribution >= 0.6 is 0 Å². The number of aromatic nitrogens is 2. The van der Waals surface area contributed by atoms with Crippen molar-refractivity contribution in [3.63, 3.8) is 0 Å². The number of hydrogen-bond donors (Lipinski definition) is 2. The first-order valence-corrected chi connectivity index (χ1v) is 6.15. The molecule has 0 aliphatic heterocycles. The predicted octanol–water partition coefficient (Wildman–Crippen LogP) is 2.08. The summed E-state index contributed by atoms with van der Waals surface area (Å²) >= 11 is 0. The minimum atomic E-state index is -1.04. The van der Waals surface area contributed by atoms with Crippen LogP contribution in [0.1, 0.15) is 17.9 Å². The molecule has 100 valence electrons. The summed E-state index contributed by atoms with van der Waals surface area (Å²) in [6.07, 6.45) is 1.59. The van der Waals surface area contributed by atoms with Gasteiger partial charge in [0.25, 0.3) is 0 Å². The third-order valence-electron chi connectivity index (χ3n) is 3.60. The number of nitrogens with zero attached hydrogens (tertiary/aromatic N) is 2. The third kappa shape index (κ3) is 2.14. The molecule has 2 unspecified atom stereocenters. The van der Waals surface area contributed by atoms with E-state index in [-0.39, 0.29) is 17.7 Å². The molecule has 1 aliphatic rings. The van der Waals surface area contributed by atoms with Crippen LogP contribution in [-0.2, 0) is 7.05 Å². The number of benzene rings is 1. The van der Waals surface area contributed by atoms with E-state index in [1.807, 2.05) is 6.20 Å². The highest BCUT2D eigenvalue weighted by molar-refractivity contribution is 5.83. The van der Waals surface area contributed by atoms with Gasteiger partial charge in [0.2, 0.25) is 0 Å². The van der Waals surface area contributed by atoms with Gasteiger partial charge in [-0.3, -0.25) is 4.68 Å². The van der Waals surface area contributed by atoms with E-state index in [9.17, 15) is 9.18 Å². The molecule has 5 nitrogen and oxygen atoms in total. The van der Waals surface area contributed by atoms with Crippen molar-refractivity contribution in [2.24, 2.45) is 13.0 Å². The molecule has 0 spiro atoms. The lowest BCUT2D eigenvalue weighted by molar-refractivity contribution is 0.194. The topological polar surface area (TPSA) is 67.2 Å². The van der Waals surface area contributed by atoms with E-state index >= 15 is 0 Å². The fraction of sp³-hybridized carbons (Fsp3) is 0.385. The van der Waals surface area contributed by atoms with Crippen molar-refractivity contribution in [1.29, 1.82) is 0 Å². The van der Waals surface area contributed by atoms with Crippen LogP contribution in [0.3, 0.4) is 0 Å². The maximum absolute atomic E-state index is 14.0. The smallest absolute Gasteiger partial charge is 0.404 e. The first-order valence-electron chi connectivity index (χ1n) is 6.15. The van der Waals surface area contributed by atoms with Crippen LogP contribution < -0.4 is 5.32 Å². The van der Waals surface area contributed by atoms with Gasteiger partial charge in [0.1, 0.15) is 5.82 Å². The summed E-state index contributed by atoms with van der Waals surface area (Å²) in [6.45, 7) is 0.371. The van der Waals surface area contributed by atoms with Crippen LogP contribution in [0.25, 0.3) is 10.9 Å². The fourth-order valence-electron chi connectivity index (χ4n) is 2.63. The van der Waals surface area contributed by atoms with Gasteiger partial charge in [-0.05, 0) is 30.4 Å². The zero-order valence-electron chi connectivity index (χ0n) is 10.4. The fourth-order valence-corrected chi connectivity index (χ4v) is 2.63. The SMILES string of the molecule is Cn1cc2c(C3CC3CNC(=O)O)c(F)ccc2n1. The lowest BCUT2D eigenvalue weighted by Crippen LogP contribution is -2.23. The summed E-state index contributed by atoms with van der Waals surface area (Å²) in [5.74, 6) is 0.0273. The Morgan fingerprint density at radius 3 is 3.16 bits per heavy atom. The van der Waals surface area contributed by atoms with Gasteiger partial charge in [-0.1, -0.05) is 0 Å². The average molecular weight is 263 g/mol. The summed E-state index contributed by atoms with van der Waals surface area (Å²) in [7, 11) is 1.80. The number of halogens is 1. The Morgan fingerprint density at radius 2 is 2.42 bits per heavy atom. The van der Waals surface area contributed by atoms with E-state index in [4.69, 9.17) is 5.11 Å². The molecular formula is C13H14FN3O2. The molecule has 1 heterocycles. The number of carbonyl (C=O) groups is 1. The summed E-state index contributed by atoms with van der Waals surface area (Å²) in [4.78, 5) is 10.5. The molecule has 3 rings (SSSR count). The van der Waals surface area contributed by atoms with Crippen molar-refractivity contribution in [1.82, 2.24) is 15.1 Å². The average Bonchev–Trinajstić information content (AvgIpc) is 3.00. The second-order valence-corrected chi connectivity index (χ2v) is 4.98. The second-order valence-electron chi connectivity index (χ2n) is 4.98. The molecule has 1 amide bonds. The molecular weight excluding hydrogens is 249 g/mol. The zero-order valence-corrected chi connectivity index (χ0v) is 10.4. The van der Waals surface area contributed by atoms with Gasteiger partial charge in [0.15, 0.2) is 0 Å². The first-order chi connectivity index (χ1) is 9.06. The second kappa shape index (κ2) is 4.22. The number of rotatable bonds is 3. The molecule has 6 heteroatoms. The molecule has 0 bridgehead atoms. The Balaban J connectivity index is 1.89. The molecule has 1 fully saturated rings. The summed E-state index contributed by atoms with van der Waals surface area (Å²) in [5, 5.41) is 16.0. The highest BCUT2D eigenvalue weighted by atomic mass is 19.1. The maximum atomic E-state index is 14.0. The van der Waals surface area contributed by atoms with Gasteiger partial charge >= 0.3 is 6.09 Å². The Kier molecular flexibility index (Phi) is 2.66. The van der Waals surface area contributed by atoms with Gasteiger partial charge in [-0.2, -0.15) is 5.10 Å². The standard InChI is InChI=1S/C13H14FN3O2/c1-17-6-9-11(16-17)3-2-10(14)12(9)8-4-7(8)5-15-13(18)19/h2-3,6-8,15H,4-5H2,1H3,(H,18,19). The summed E-state index contributed by atoms with van der Waals surface area (Å²) in [5.41, 5.74) is 1.44. The van der Waals surface area contributed by atoms with Crippen molar-refractivity contribution >= 4 is 17.0 Å². The number of nitrogens with one attached hydrogen (secondary N) is 1. The van der Waals surface area contributed by atoms with E-state index in [0.717, 1.165) is 17.3 Å². The monoisotopic (exact) mass is 263 g/mol.